The fraction of sp³-hybridized carbons (Fsp3) is 0.200. The molecule has 0 aliphatic carbocycles. The van der Waals surface area contributed by atoms with Gasteiger partial charge in [0.05, 0.1) is 16.6 Å². The van der Waals surface area contributed by atoms with E-state index in [1.165, 1.54) is 36.4 Å². The summed E-state index contributed by atoms with van der Waals surface area (Å²) in [6.07, 6.45) is 1.38. The molecule has 0 aliphatic heterocycles. The molecule has 0 spiro atoms. The van der Waals surface area contributed by atoms with E-state index in [0.29, 0.717) is 13.0 Å². The number of aromatic nitrogens is 1. The molecular weight excluding hydrogens is 470 g/mol. The molecule has 0 saturated carbocycles. The van der Waals surface area contributed by atoms with Crippen molar-refractivity contribution < 1.29 is 27.5 Å². The fourth-order valence-electron chi connectivity index (χ4n) is 3.03. The predicted octanol–water partition coefficient (Wildman–Crippen LogP) is 2.74. The lowest BCUT2D eigenvalue weighted by Gasteiger charge is -2.10. The van der Waals surface area contributed by atoms with Gasteiger partial charge in [0.2, 0.25) is 0 Å². The first-order valence-corrected chi connectivity index (χ1v) is 12.3. The van der Waals surface area contributed by atoms with Crippen molar-refractivity contribution >= 4 is 27.8 Å². The summed E-state index contributed by atoms with van der Waals surface area (Å²) in [5, 5.41) is 2.75. The Labute approximate surface area is 203 Å². The van der Waals surface area contributed by atoms with E-state index in [2.05, 4.69) is 10.3 Å². The van der Waals surface area contributed by atoms with E-state index in [1.54, 1.807) is 13.8 Å². The first kappa shape index (κ1) is 25.6. The van der Waals surface area contributed by atoms with Gasteiger partial charge in [0.15, 0.2) is 0 Å². The summed E-state index contributed by atoms with van der Waals surface area (Å²) in [6.45, 7) is 3.76. The Morgan fingerprint density at radius 3 is 2.31 bits per heavy atom. The highest BCUT2D eigenvalue weighted by Gasteiger charge is 2.21. The van der Waals surface area contributed by atoms with Gasteiger partial charge < -0.3 is 10.1 Å². The summed E-state index contributed by atoms with van der Waals surface area (Å²) in [5.74, 6) is -2.02. The molecule has 10 heteroatoms. The van der Waals surface area contributed by atoms with Crippen LogP contribution in [0.5, 0.6) is 0 Å². The van der Waals surface area contributed by atoms with Crippen LogP contribution in [0.3, 0.4) is 0 Å². The number of sulfonamides is 1. The molecule has 2 amide bonds. The highest BCUT2D eigenvalue weighted by atomic mass is 32.2. The maximum Gasteiger partial charge on any atom is 0.357 e. The lowest BCUT2D eigenvalue weighted by molar-refractivity contribution is 0.0370. The number of hydrogen-bond donors (Lipinski definition) is 2. The van der Waals surface area contributed by atoms with Gasteiger partial charge in [0, 0.05) is 18.3 Å². The van der Waals surface area contributed by atoms with Gasteiger partial charge in [-0.15, -0.1) is 0 Å². The van der Waals surface area contributed by atoms with Gasteiger partial charge in [-0.25, -0.2) is 22.9 Å². The van der Waals surface area contributed by atoms with Crippen molar-refractivity contribution in [1.82, 2.24) is 15.0 Å². The van der Waals surface area contributed by atoms with Gasteiger partial charge in [-0.05, 0) is 56.2 Å². The number of rotatable bonds is 9. The molecule has 9 nitrogen and oxygen atoms in total. The van der Waals surface area contributed by atoms with Crippen molar-refractivity contribution in [1.29, 1.82) is 0 Å². The second-order valence-corrected chi connectivity index (χ2v) is 9.52. The van der Waals surface area contributed by atoms with Crippen LogP contribution >= 0.6 is 0 Å². The van der Waals surface area contributed by atoms with E-state index >= 15 is 0 Å². The minimum absolute atomic E-state index is 0.0101. The first-order valence-electron chi connectivity index (χ1n) is 10.8. The number of ether oxygens (including phenoxy) is 1. The molecule has 0 unspecified atom stereocenters. The number of hydrogen-bond acceptors (Lipinski definition) is 7. The zero-order valence-corrected chi connectivity index (χ0v) is 20.0. The van der Waals surface area contributed by atoms with Crippen molar-refractivity contribution in [3.63, 3.8) is 0 Å². The highest BCUT2D eigenvalue weighted by molar-refractivity contribution is 7.90. The molecular formula is C25H25N3O6S. The average Bonchev–Trinajstić information content (AvgIpc) is 2.84. The quantitative estimate of drug-likeness (QED) is 0.436. The molecule has 2 aromatic carbocycles. The topological polar surface area (TPSA) is 132 Å². The highest BCUT2D eigenvalue weighted by Crippen LogP contribution is 2.13. The molecule has 35 heavy (non-hydrogen) atoms. The van der Waals surface area contributed by atoms with E-state index in [4.69, 9.17) is 4.74 Å². The van der Waals surface area contributed by atoms with Crippen LogP contribution in [0.15, 0.2) is 77.8 Å². The third-order valence-electron chi connectivity index (χ3n) is 4.75. The summed E-state index contributed by atoms with van der Waals surface area (Å²) in [5.41, 5.74) is 1.13. The lowest BCUT2D eigenvalue weighted by atomic mass is 10.1. The number of carbonyl (C=O) groups excluding carboxylic acids is 3. The number of nitrogens with zero attached hydrogens (tertiary/aromatic N) is 1. The Kier molecular flexibility index (Phi) is 8.32. The molecule has 1 aromatic heterocycles. The minimum Gasteiger partial charge on any atom is -0.458 e. The average molecular weight is 496 g/mol. The molecule has 1 heterocycles. The standard InChI is InChI=1S/C25H25N3O6S/c1-17(2)34-25(31)22-12-11-20(16-27-22)24(30)28-35(32,33)21-10-6-9-19(15-21)23(29)26-14-13-18-7-4-3-5-8-18/h3-12,15-17H,13-14H2,1-2H3,(H,26,29)(H,28,30). The van der Waals surface area contributed by atoms with Crippen molar-refractivity contribution in [2.75, 3.05) is 6.54 Å². The summed E-state index contributed by atoms with van der Waals surface area (Å²) >= 11 is 0. The number of amides is 2. The molecule has 3 rings (SSSR count). The van der Waals surface area contributed by atoms with E-state index in [1.807, 2.05) is 35.1 Å². The zero-order valence-electron chi connectivity index (χ0n) is 19.2. The van der Waals surface area contributed by atoms with Gasteiger partial charge in [0.25, 0.3) is 21.8 Å². The lowest BCUT2D eigenvalue weighted by Crippen LogP contribution is -2.31. The molecule has 0 atom stereocenters. The van der Waals surface area contributed by atoms with Crippen LogP contribution in [0.1, 0.15) is 50.6 Å². The number of benzene rings is 2. The predicted molar refractivity (Wildman–Crippen MR) is 128 cm³/mol. The third kappa shape index (κ3) is 7.21. The molecule has 2 N–H and O–H groups in total. The Morgan fingerprint density at radius 2 is 1.66 bits per heavy atom. The summed E-state index contributed by atoms with van der Waals surface area (Å²) in [4.78, 5) is 40.4. The van der Waals surface area contributed by atoms with Crippen molar-refractivity contribution in [2.45, 2.75) is 31.3 Å². The maximum absolute atomic E-state index is 12.7. The molecule has 0 aliphatic rings. The van der Waals surface area contributed by atoms with Crippen molar-refractivity contribution in [3.05, 3.63) is 95.3 Å². The van der Waals surface area contributed by atoms with Crippen LogP contribution in [-0.4, -0.2) is 43.8 Å². The van der Waals surface area contributed by atoms with Crippen LogP contribution in [0, 0.1) is 0 Å². The second-order valence-electron chi connectivity index (χ2n) is 7.84. The van der Waals surface area contributed by atoms with Crippen LogP contribution < -0.4 is 10.0 Å². The number of esters is 1. The van der Waals surface area contributed by atoms with Crippen LogP contribution in [0.25, 0.3) is 0 Å². The van der Waals surface area contributed by atoms with Crippen LogP contribution in [-0.2, 0) is 21.2 Å². The SMILES string of the molecule is CC(C)OC(=O)c1ccc(C(=O)NS(=O)(=O)c2cccc(C(=O)NCCc3ccccc3)c2)cn1. The van der Waals surface area contributed by atoms with E-state index in [9.17, 15) is 22.8 Å². The Morgan fingerprint density at radius 1 is 0.914 bits per heavy atom. The molecule has 0 saturated heterocycles. The normalized spacial score (nSPS) is 11.1. The summed E-state index contributed by atoms with van der Waals surface area (Å²) < 4.78 is 32.4. The number of nitrogens with one attached hydrogen (secondary N) is 2. The maximum atomic E-state index is 12.7. The smallest absolute Gasteiger partial charge is 0.357 e. The molecule has 3 aromatic rings. The van der Waals surface area contributed by atoms with E-state index in [-0.39, 0.29) is 27.8 Å². The van der Waals surface area contributed by atoms with E-state index in [0.717, 1.165) is 11.8 Å². The Hall–Kier alpha value is -4.05. The zero-order chi connectivity index (χ0) is 25.4. The van der Waals surface area contributed by atoms with Crippen molar-refractivity contribution in [3.8, 4) is 0 Å². The summed E-state index contributed by atoms with van der Waals surface area (Å²) in [7, 11) is -4.27. The third-order valence-corrected chi connectivity index (χ3v) is 6.08. The second kappa shape index (κ2) is 11.4. The van der Waals surface area contributed by atoms with Gasteiger partial charge in [-0.3, -0.25) is 9.59 Å². The number of carbonyl (C=O) groups is 3. The Balaban J connectivity index is 1.64. The Bertz CT molecular complexity index is 1310. The molecule has 0 bridgehead atoms. The van der Waals surface area contributed by atoms with Gasteiger partial charge >= 0.3 is 5.97 Å². The van der Waals surface area contributed by atoms with Gasteiger partial charge in [-0.1, -0.05) is 36.4 Å². The largest absolute Gasteiger partial charge is 0.458 e. The monoisotopic (exact) mass is 495 g/mol. The van der Waals surface area contributed by atoms with Crippen molar-refractivity contribution in [2.24, 2.45) is 0 Å². The fourth-order valence-corrected chi connectivity index (χ4v) is 4.05. The molecule has 0 fully saturated rings. The van der Waals surface area contributed by atoms with Crippen LogP contribution in [0.2, 0.25) is 0 Å². The van der Waals surface area contributed by atoms with Gasteiger partial charge in [-0.2, -0.15) is 0 Å². The summed E-state index contributed by atoms with van der Waals surface area (Å²) in [6, 6.07) is 17.5. The first-order chi connectivity index (χ1) is 16.7. The van der Waals surface area contributed by atoms with E-state index < -0.39 is 27.8 Å². The minimum atomic E-state index is -4.27. The van der Waals surface area contributed by atoms with Crippen LogP contribution in [0.4, 0.5) is 0 Å². The van der Waals surface area contributed by atoms with Gasteiger partial charge in [0.1, 0.15) is 5.69 Å². The molecule has 182 valence electrons. The molecule has 0 radical (unpaired) electrons. The number of pyridine rings is 1.